The highest BCUT2D eigenvalue weighted by Gasteiger charge is 2.22. The Morgan fingerprint density at radius 3 is 2.88 bits per heavy atom. The van der Waals surface area contributed by atoms with Crippen LogP contribution in [0.4, 0.5) is 0 Å². The Labute approximate surface area is 105 Å². The molecule has 1 aliphatic rings. The smallest absolute Gasteiger partial charge is 0.184 e. The molecule has 1 aromatic carbocycles. The first kappa shape index (κ1) is 11.7. The minimum Gasteiger partial charge on any atom is -0.485 e. The van der Waals surface area contributed by atoms with Crippen LogP contribution in [0.1, 0.15) is 6.92 Å². The normalized spacial score (nSPS) is 18.6. The Balaban J connectivity index is 2.07. The molecule has 1 aromatic rings. The summed E-state index contributed by atoms with van der Waals surface area (Å²) in [6.07, 6.45) is -0.230. The van der Waals surface area contributed by atoms with Gasteiger partial charge in [-0.2, -0.15) is 5.10 Å². The minimum absolute atomic E-state index is 0.126. The second-order valence-electron chi connectivity index (χ2n) is 3.59. The zero-order valence-corrected chi connectivity index (χ0v) is 10.2. The predicted octanol–water partition coefficient (Wildman–Crippen LogP) is 1.04. The van der Waals surface area contributed by atoms with Crippen molar-refractivity contribution in [1.29, 1.82) is 0 Å². The lowest BCUT2D eigenvalue weighted by atomic mass is 10.2. The van der Waals surface area contributed by atoms with Gasteiger partial charge in [-0.3, -0.25) is 5.43 Å². The number of ether oxygens (including phenoxy) is 2. The topological polar surface area (TPSA) is 68.9 Å². The molecule has 5 nitrogen and oxygen atoms in total. The monoisotopic (exact) mass is 251 g/mol. The van der Waals surface area contributed by atoms with Gasteiger partial charge in [0.15, 0.2) is 22.7 Å². The van der Waals surface area contributed by atoms with Gasteiger partial charge in [0.05, 0.1) is 5.71 Å². The Morgan fingerprint density at radius 2 is 2.18 bits per heavy atom. The van der Waals surface area contributed by atoms with Gasteiger partial charge in [-0.25, -0.2) is 0 Å². The van der Waals surface area contributed by atoms with Crippen molar-refractivity contribution in [3.63, 3.8) is 0 Å². The molecule has 1 heterocycles. The van der Waals surface area contributed by atoms with Crippen molar-refractivity contribution >= 4 is 23.0 Å². The number of thiocarbonyl (C=S) groups is 1. The van der Waals surface area contributed by atoms with Gasteiger partial charge in [0, 0.05) is 0 Å². The van der Waals surface area contributed by atoms with Gasteiger partial charge in [0.2, 0.25) is 0 Å². The van der Waals surface area contributed by atoms with Crippen molar-refractivity contribution in [3.8, 4) is 11.5 Å². The molecule has 0 radical (unpaired) electrons. The highest BCUT2D eigenvalue weighted by atomic mass is 32.1. The van der Waals surface area contributed by atoms with E-state index in [0.29, 0.717) is 12.4 Å². The molecule has 0 unspecified atom stereocenters. The standard InChI is InChI=1S/C11H13N3O2S/c1-7(13-14-11(12)17)10-6-15-8-4-2-3-5-9(8)16-10/h2-5,10H,6H2,1H3,(H3,12,14,17)/b13-7-/t10-/m1/s1. The molecule has 0 aromatic heterocycles. The fourth-order valence-electron chi connectivity index (χ4n) is 1.44. The molecular formula is C11H13N3O2S. The van der Waals surface area contributed by atoms with Crippen LogP contribution in [0.2, 0.25) is 0 Å². The molecule has 17 heavy (non-hydrogen) atoms. The predicted molar refractivity (Wildman–Crippen MR) is 69.4 cm³/mol. The summed E-state index contributed by atoms with van der Waals surface area (Å²) >= 11 is 4.67. The van der Waals surface area contributed by atoms with Crippen LogP contribution < -0.4 is 20.6 Å². The zero-order valence-electron chi connectivity index (χ0n) is 9.34. The molecule has 2 rings (SSSR count). The van der Waals surface area contributed by atoms with Gasteiger partial charge < -0.3 is 15.2 Å². The molecule has 1 atom stereocenters. The van der Waals surface area contributed by atoms with Crippen molar-refractivity contribution < 1.29 is 9.47 Å². The largest absolute Gasteiger partial charge is 0.485 e. The number of fused-ring (bicyclic) bond motifs is 1. The average molecular weight is 251 g/mol. The third kappa shape index (κ3) is 2.85. The summed E-state index contributed by atoms with van der Waals surface area (Å²) in [5.74, 6) is 1.47. The molecular weight excluding hydrogens is 238 g/mol. The van der Waals surface area contributed by atoms with Crippen LogP contribution in [0.5, 0.6) is 11.5 Å². The lowest BCUT2D eigenvalue weighted by Crippen LogP contribution is -2.37. The lowest BCUT2D eigenvalue weighted by Gasteiger charge is -2.26. The van der Waals surface area contributed by atoms with E-state index in [1.165, 1.54) is 0 Å². The van der Waals surface area contributed by atoms with Crippen LogP contribution >= 0.6 is 12.2 Å². The Hall–Kier alpha value is -1.82. The molecule has 0 spiro atoms. The summed E-state index contributed by atoms with van der Waals surface area (Å²) in [5.41, 5.74) is 8.55. The van der Waals surface area contributed by atoms with E-state index in [1.807, 2.05) is 31.2 Å². The number of hydrazone groups is 1. The highest BCUT2D eigenvalue weighted by molar-refractivity contribution is 7.80. The number of hydrogen-bond acceptors (Lipinski definition) is 4. The summed E-state index contributed by atoms with van der Waals surface area (Å²) in [7, 11) is 0. The van der Waals surface area contributed by atoms with E-state index in [1.54, 1.807) is 0 Å². The van der Waals surface area contributed by atoms with Crippen LogP contribution in [0.25, 0.3) is 0 Å². The maximum atomic E-state index is 5.75. The van der Waals surface area contributed by atoms with Crippen LogP contribution in [0.15, 0.2) is 29.4 Å². The maximum absolute atomic E-state index is 5.75. The second-order valence-corrected chi connectivity index (χ2v) is 4.03. The summed E-state index contributed by atoms with van der Waals surface area (Å²) < 4.78 is 11.3. The number of benzene rings is 1. The van der Waals surface area contributed by atoms with Crippen LogP contribution in [-0.2, 0) is 0 Å². The molecule has 0 fully saturated rings. The quantitative estimate of drug-likeness (QED) is 0.467. The molecule has 0 saturated heterocycles. The zero-order chi connectivity index (χ0) is 12.3. The summed E-state index contributed by atoms with van der Waals surface area (Å²) in [6, 6.07) is 7.52. The SMILES string of the molecule is C/C(=N/NC(N)=S)[C@H]1COc2ccccc2O1. The van der Waals surface area contributed by atoms with Crippen molar-refractivity contribution in [1.82, 2.24) is 5.43 Å². The van der Waals surface area contributed by atoms with Gasteiger partial charge in [-0.1, -0.05) is 12.1 Å². The summed E-state index contributed by atoms with van der Waals surface area (Å²) in [4.78, 5) is 0. The van der Waals surface area contributed by atoms with Gasteiger partial charge in [0.25, 0.3) is 0 Å². The third-order valence-corrected chi connectivity index (χ3v) is 2.41. The Bertz CT molecular complexity index is 462. The van der Waals surface area contributed by atoms with Gasteiger partial charge in [0.1, 0.15) is 6.61 Å². The number of nitrogens with zero attached hydrogens (tertiary/aromatic N) is 1. The lowest BCUT2D eigenvalue weighted by molar-refractivity contribution is 0.134. The van der Waals surface area contributed by atoms with Gasteiger partial charge >= 0.3 is 0 Å². The first-order valence-electron chi connectivity index (χ1n) is 5.15. The van der Waals surface area contributed by atoms with E-state index < -0.39 is 0 Å². The molecule has 6 heteroatoms. The number of hydrogen-bond donors (Lipinski definition) is 2. The van der Waals surface area contributed by atoms with E-state index in [9.17, 15) is 0 Å². The molecule has 0 amide bonds. The van der Waals surface area contributed by atoms with Gasteiger partial charge in [-0.15, -0.1) is 0 Å². The molecule has 3 N–H and O–H groups in total. The number of nitrogens with two attached hydrogens (primary N) is 1. The molecule has 0 aliphatic carbocycles. The number of nitrogens with one attached hydrogen (secondary N) is 1. The van der Waals surface area contributed by atoms with E-state index in [0.717, 1.165) is 11.5 Å². The highest BCUT2D eigenvalue weighted by Crippen LogP contribution is 2.30. The third-order valence-electron chi connectivity index (χ3n) is 2.32. The second kappa shape index (κ2) is 5.01. The summed E-state index contributed by atoms with van der Waals surface area (Å²) in [6.45, 7) is 2.25. The van der Waals surface area contributed by atoms with Crippen LogP contribution in [0.3, 0.4) is 0 Å². The first-order valence-corrected chi connectivity index (χ1v) is 5.56. The maximum Gasteiger partial charge on any atom is 0.184 e. The first-order chi connectivity index (χ1) is 8.16. The average Bonchev–Trinajstić information content (AvgIpc) is 2.35. The Morgan fingerprint density at radius 1 is 1.47 bits per heavy atom. The van der Waals surface area contributed by atoms with Crippen molar-refractivity contribution in [2.24, 2.45) is 10.8 Å². The van der Waals surface area contributed by atoms with Crippen LogP contribution in [-0.4, -0.2) is 23.5 Å². The van der Waals surface area contributed by atoms with Crippen LogP contribution in [0, 0.1) is 0 Å². The molecule has 90 valence electrons. The van der Waals surface area contributed by atoms with E-state index in [4.69, 9.17) is 15.2 Å². The van der Waals surface area contributed by atoms with E-state index in [2.05, 4.69) is 22.7 Å². The Kier molecular flexibility index (Phi) is 3.43. The molecule has 0 bridgehead atoms. The molecule has 1 aliphatic heterocycles. The van der Waals surface area contributed by atoms with E-state index >= 15 is 0 Å². The molecule has 0 saturated carbocycles. The fraction of sp³-hybridized carbons (Fsp3) is 0.273. The van der Waals surface area contributed by atoms with E-state index in [-0.39, 0.29) is 11.2 Å². The number of para-hydroxylation sites is 2. The minimum atomic E-state index is -0.230. The summed E-state index contributed by atoms with van der Waals surface area (Å²) in [5, 5.41) is 4.14. The van der Waals surface area contributed by atoms with Crippen molar-refractivity contribution in [2.45, 2.75) is 13.0 Å². The van der Waals surface area contributed by atoms with Crippen molar-refractivity contribution in [3.05, 3.63) is 24.3 Å². The number of rotatable bonds is 2. The fourth-order valence-corrected chi connectivity index (χ4v) is 1.49. The van der Waals surface area contributed by atoms with Crippen molar-refractivity contribution in [2.75, 3.05) is 6.61 Å². The van der Waals surface area contributed by atoms with Gasteiger partial charge in [-0.05, 0) is 31.3 Å².